The fourth-order valence-electron chi connectivity index (χ4n) is 4.61. The van der Waals surface area contributed by atoms with Gasteiger partial charge in [0.2, 0.25) is 5.88 Å². The molecular formula is C30H25ClFN3O5. The van der Waals surface area contributed by atoms with Crippen LogP contribution >= 0.6 is 11.6 Å². The quantitative estimate of drug-likeness (QED) is 0.262. The van der Waals surface area contributed by atoms with Gasteiger partial charge in [0.05, 0.1) is 23.6 Å². The number of fused-ring (bicyclic) bond motifs is 1. The minimum absolute atomic E-state index is 0.00434. The molecule has 204 valence electrons. The summed E-state index contributed by atoms with van der Waals surface area (Å²) in [4.78, 5) is 47.1. The first-order valence-electron chi connectivity index (χ1n) is 12.6. The van der Waals surface area contributed by atoms with Crippen LogP contribution in [0.1, 0.15) is 34.3 Å². The van der Waals surface area contributed by atoms with Gasteiger partial charge in [0, 0.05) is 43.7 Å². The fourth-order valence-corrected chi connectivity index (χ4v) is 4.84. The van der Waals surface area contributed by atoms with Crippen molar-refractivity contribution in [2.75, 3.05) is 14.2 Å². The predicted molar refractivity (Wildman–Crippen MR) is 146 cm³/mol. The third-order valence-corrected chi connectivity index (χ3v) is 7.30. The van der Waals surface area contributed by atoms with Crippen molar-refractivity contribution in [2.45, 2.75) is 25.7 Å². The number of rotatable bonds is 10. The van der Waals surface area contributed by atoms with Crippen LogP contribution in [0.15, 0.2) is 60.9 Å². The Morgan fingerprint density at radius 3 is 2.30 bits per heavy atom. The molecule has 0 saturated heterocycles. The van der Waals surface area contributed by atoms with Crippen molar-refractivity contribution in [3.8, 4) is 17.4 Å². The summed E-state index contributed by atoms with van der Waals surface area (Å²) in [7, 11) is 2.99. The molecule has 1 N–H and O–H groups in total. The van der Waals surface area contributed by atoms with Crippen LogP contribution in [0.25, 0.3) is 10.9 Å². The lowest BCUT2D eigenvalue weighted by molar-refractivity contribution is -0.133. The first-order valence-corrected chi connectivity index (χ1v) is 12.9. The van der Waals surface area contributed by atoms with E-state index < -0.39 is 5.41 Å². The molecule has 10 heteroatoms. The largest absolute Gasteiger partial charge is 0.496 e. The lowest BCUT2D eigenvalue weighted by Crippen LogP contribution is -2.29. The Hall–Kier alpha value is -4.37. The van der Waals surface area contributed by atoms with Crippen molar-refractivity contribution in [1.82, 2.24) is 15.3 Å². The zero-order chi connectivity index (χ0) is 28.4. The molecule has 1 amide bonds. The van der Waals surface area contributed by atoms with E-state index in [1.165, 1.54) is 32.5 Å². The van der Waals surface area contributed by atoms with Crippen molar-refractivity contribution in [3.05, 3.63) is 88.5 Å². The van der Waals surface area contributed by atoms with Gasteiger partial charge in [-0.3, -0.25) is 19.4 Å². The molecule has 2 aromatic carbocycles. The van der Waals surface area contributed by atoms with Crippen molar-refractivity contribution in [2.24, 2.45) is 5.41 Å². The van der Waals surface area contributed by atoms with Crippen LogP contribution in [0.5, 0.6) is 17.4 Å². The molecule has 1 fully saturated rings. The highest BCUT2D eigenvalue weighted by molar-refractivity contribution is 6.32. The summed E-state index contributed by atoms with van der Waals surface area (Å²) in [6.07, 6.45) is 4.09. The number of methoxy groups -OCH3 is 1. The van der Waals surface area contributed by atoms with E-state index in [1.54, 1.807) is 42.6 Å². The van der Waals surface area contributed by atoms with Crippen LogP contribution in [-0.4, -0.2) is 41.6 Å². The topological polar surface area (TPSA) is 107 Å². The summed E-state index contributed by atoms with van der Waals surface area (Å²) in [6.45, 7) is 0. The molecule has 0 aliphatic heterocycles. The number of aromatic nitrogens is 2. The van der Waals surface area contributed by atoms with Crippen molar-refractivity contribution in [1.29, 1.82) is 0 Å². The Morgan fingerprint density at radius 2 is 1.68 bits per heavy atom. The van der Waals surface area contributed by atoms with E-state index in [9.17, 15) is 18.8 Å². The third-order valence-electron chi connectivity index (χ3n) is 7.03. The second kappa shape index (κ2) is 11.0. The minimum Gasteiger partial charge on any atom is -0.496 e. The van der Waals surface area contributed by atoms with Crippen LogP contribution in [0, 0.1) is 11.2 Å². The van der Waals surface area contributed by atoms with Gasteiger partial charge in [0.25, 0.3) is 5.91 Å². The molecular weight excluding hydrogens is 537 g/mol. The van der Waals surface area contributed by atoms with E-state index in [-0.39, 0.29) is 47.0 Å². The van der Waals surface area contributed by atoms with E-state index in [4.69, 9.17) is 21.1 Å². The molecule has 0 radical (unpaired) electrons. The van der Waals surface area contributed by atoms with Gasteiger partial charge in [0.15, 0.2) is 11.6 Å². The van der Waals surface area contributed by atoms with Crippen molar-refractivity contribution < 1.29 is 28.2 Å². The molecule has 8 nitrogen and oxygen atoms in total. The number of amides is 1. The Bertz CT molecular complexity index is 1640. The average molecular weight is 562 g/mol. The molecule has 5 rings (SSSR count). The Balaban J connectivity index is 1.33. The fraction of sp³-hybridized carbons (Fsp3) is 0.233. The van der Waals surface area contributed by atoms with Gasteiger partial charge >= 0.3 is 0 Å². The summed E-state index contributed by atoms with van der Waals surface area (Å²) >= 11 is 6.48. The molecule has 2 heterocycles. The summed E-state index contributed by atoms with van der Waals surface area (Å²) < 4.78 is 24.5. The molecule has 1 saturated carbocycles. The van der Waals surface area contributed by atoms with E-state index >= 15 is 0 Å². The van der Waals surface area contributed by atoms with Crippen LogP contribution in [-0.2, 0) is 22.4 Å². The molecule has 0 unspecified atom stereocenters. The highest BCUT2D eigenvalue weighted by Gasteiger charge is 2.54. The van der Waals surface area contributed by atoms with Gasteiger partial charge in [-0.15, -0.1) is 0 Å². The number of Topliss-reactive ketones (excluding diaryl/α,β-unsaturated/α-hetero) is 2. The lowest BCUT2D eigenvalue weighted by Gasteiger charge is -2.14. The number of hydrogen-bond acceptors (Lipinski definition) is 7. The zero-order valence-corrected chi connectivity index (χ0v) is 22.5. The van der Waals surface area contributed by atoms with Crippen LogP contribution in [0.3, 0.4) is 0 Å². The van der Waals surface area contributed by atoms with Gasteiger partial charge in [-0.2, -0.15) is 0 Å². The molecule has 0 bridgehead atoms. The van der Waals surface area contributed by atoms with Gasteiger partial charge in [0.1, 0.15) is 22.3 Å². The Labute approximate surface area is 234 Å². The van der Waals surface area contributed by atoms with E-state index in [2.05, 4.69) is 15.3 Å². The lowest BCUT2D eigenvalue weighted by atomic mass is 9.88. The maximum atomic E-state index is 13.2. The summed E-state index contributed by atoms with van der Waals surface area (Å²) in [5.41, 5.74) is 1.05. The number of hydrogen-bond donors (Lipinski definition) is 1. The Kier molecular flexibility index (Phi) is 7.49. The standard InChI is InChI=1S/C30H25ClFN3O5/c1-33-28(38)21-14-20-23(15-25(21)39-2)34-10-7-24(20)40-29-22(31)11-18(16-35-29)13-27(37)30(8-9-30)26(36)12-17-3-5-19(32)6-4-17/h3-7,10-11,14-16H,8-9,12-13H2,1-2H3,(H,33,38). The highest BCUT2D eigenvalue weighted by Crippen LogP contribution is 2.49. The number of ketones is 2. The van der Waals surface area contributed by atoms with Gasteiger partial charge < -0.3 is 14.8 Å². The molecule has 40 heavy (non-hydrogen) atoms. The summed E-state index contributed by atoms with van der Waals surface area (Å²) in [5, 5.41) is 3.31. The zero-order valence-electron chi connectivity index (χ0n) is 21.8. The van der Waals surface area contributed by atoms with Crippen molar-refractivity contribution in [3.63, 3.8) is 0 Å². The van der Waals surface area contributed by atoms with Gasteiger partial charge in [-0.25, -0.2) is 9.37 Å². The Morgan fingerprint density at radius 1 is 0.975 bits per heavy atom. The number of nitrogens with one attached hydrogen (secondary N) is 1. The number of carbonyl (C=O) groups excluding carboxylic acids is 3. The normalized spacial score (nSPS) is 13.5. The number of ether oxygens (including phenoxy) is 2. The minimum atomic E-state index is -1.02. The van der Waals surface area contributed by atoms with Crippen molar-refractivity contribution >= 4 is 40.0 Å². The predicted octanol–water partition coefficient (Wildman–Crippen LogP) is 5.29. The van der Waals surface area contributed by atoms with Gasteiger partial charge in [-0.1, -0.05) is 23.7 Å². The highest BCUT2D eigenvalue weighted by atomic mass is 35.5. The van der Waals surface area contributed by atoms with E-state index in [1.807, 2.05) is 0 Å². The number of nitrogens with zero attached hydrogens (tertiary/aromatic N) is 2. The molecule has 1 aliphatic rings. The smallest absolute Gasteiger partial charge is 0.254 e. The van der Waals surface area contributed by atoms with E-state index in [0.29, 0.717) is 51.9 Å². The molecule has 0 spiro atoms. The van der Waals surface area contributed by atoms with Crippen LogP contribution in [0.4, 0.5) is 4.39 Å². The van der Waals surface area contributed by atoms with Crippen LogP contribution < -0.4 is 14.8 Å². The maximum absolute atomic E-state index is 13.2. The van der Waals surface area contributed by atoms with Gasteiger partial charge in [-0.05, 0) is 54.3 Å². The van der Waals surface area contributed by atoms with Crippen LogP contribution in [0.2, 0.25) is 5.02 Å². The number of carbonyl (C=O) groups is 3. The first kappa shape index (κ1) is 27.2. The summed E-state index contributed by atoms with van der Waals surface area (Å²) in [5.74, 6) is -0.219. The monoisotopic (exact) mass is 561 g/mol. The SMILES string of the molecule is CNC(=O)c1cc2c(Oc3ncc(CC(=O)C4(C(=O)Cc5ccc(F)cc5)CC4)cc3Cl)ccnc2cc1OC. The van der Waals surface area contributed by atoms with E-state index in [0.717, 1.165) is 0 Å². The molecule has 0 atom stereocenters. The second-order valence-electron chi connectivity index (χ2n) is 9.60. The third kappa shape index (κ3) is 5.37. The number of halogens is 2. The second-order valence-corrected chi connectivity index (χ2v) is 10.0. The number of benzene rings is 2. The average Bonchev–Trinajstić information content (AvgIpc) is 3.77. The first-order chi connectivity index (χ1) is 19.2. The molecule has 2 aromatic heterocycles. The maximum Gasteiger partial charge on any atom is 0.254 e. The summed E-state index contributed by atoms with van der Waals surface area (Å²) in [6, 6.07) is 12.2. The molecule has 4 aromatic rings. The number of pyridine rings is 2. The molecule has 1 aliphatic carbocycles.